The number of benzene rings is 2. The van der Waals surface area contributed by atoms with Crippen molar-refractivity contribution in [1.82, 2.24) is 0 Å². The molecule has 2 aromatic carbocycles. The molecule has 0 saturated heterocycles. The van der Waals surface area contributed by atoms with Crippen LogP contribution in [0.2, 0.25) is 5.02 Å². The minimum absolute atomic E-state index is 0.290. The van der Waals surface area contributed by atoms with Crippen LogP contribution in [0.5, 0.6) is 5.75 Å². The second-order valence-corrected chi connectivity index (χ2v) is 4.77. The van der Waals surface area contributed by atoms with E-state index < -0.39 is 0 Å². The van der Waals surface area contributed by atoms with Gasteiger partial charge in [-0.25, -0.2) is 4.39 Å². The van der Waals surface area contributed by atoms with Gasteiger partial charge in [-0.05, 0) is 29.8 Å². The number of nitriles is 1. The van der Waals surface area contributed by atoms with Gasteiger partial charge in [0.1, 0.15) is 11.6 Å². The van der Waals surface area contributed by atoms with Gasteiger partial charge in [-0.15, -0.1) is 0 Å². The number of halogens is 2. The average molecular weight is 290 g/mol. The fourth-order valence-electron chi connectivity index (χ4n) is 1.88. The highest BCUT2D eigenvalue weighted by molar-refractivity contribution is 6.30. The van der Waals surface area contributed by atoms with Crippen molar-refractivity contribution >= 4 is 11.6 Å². The molecule has 0 spiro atoms. The van der Waals surface area contributed by atoms with Crippen LogP contribution in [-0.4, -0.2) is 6.61 Å². The van der Waals surface area contributed by atoms with Gasteiger partial charge in [-0.3, -0.25) is 0 Å². The first-order valence-corrected chi connectivity index (χ1v) is 6.60. The zero-order chi connectivity index (χ0) is 14.4. The molecule has 1 unspecified atom stereocenters. The Balaban J connectivity index is 1.93. The van der Waals surface area contributed by atoms with E-state index in [0.29, 0.717) is 23.8 Å². The molecule has 0 amide bonds. The first-order chi connectivity index (χ1) is 9.69. The van der Waals surface area contributed by atoms with Crippen molar-refractivity contribution in [1.29, 1.82) is 5.26 Å². The minimum Gasteiger partial charge on any atom is -0.493 e. The van der Waals surface area contributed by atoms with E-state index in [1.54, 1.807) is 24.3 Å². The number of hydrogen-bond donors (Lipinski definition) is 0. The third kappa shape index (κ3) is 3.97. The van der Waals surface area contributed by atoms with Crippen LogP contribution in [0.3, 0.4) is 0 Å². The molecular formula is C16H13ClFNO. The lowest BCUT2D eigenvalue weighted by Crippen LogP contribution is -2.04. The first kappa shape index (κ1) is 14.4. The lowest BCUT2D eigenvalue weighted by Gasteiger charge is -2.11. The van der Waals surface area contributed by atoms with E-state index in [-0.39, 0.29) is 11.7 Å². The Morgan fingerprint density at radius 1 is 1.20 bits per heavy atom. The van der Waals surface area contributed by atoms with Gasteiger partial charge in [0, 0.05) is 17.5 Å². The van der Waals surface area contributed by atoms with Crippen LogP contribution in [0, 0.1) is 17.1 Å². The Morgan fingerprint density at radius 2 is 2.00 bits per heavy atom. The Morgan fingerprint density at radius 3 is 2.70 bits per heavy atom. The fourth-order valence-corrected chi connectivity index (χ4v) is 2.08. The van der Waals surface area contributed by atoms with Crippen LogP contribution < -0.4 is 4.74 Å². The molecule has 102 valence electrons. The van der Waals surface area contributed by atoms with Crippen LogP contribution in [-0.2, 0) is 0 Å². The van der Waals surface area contributed by atoms with Gasteiger partial charge in [0.25, 0.3) is 0 Å². The molecule has 20 heavy (non-hydrogen) atoms. The fraction of sp³-hybridized carbons (Fsp3) is 0.188. The van der Waals surface area contributed by atoms with Crippen LogP contribution in [0.1, 0.15) is 17.9 Å². The van der Waals surface area contributed by atoms with Crippen molar-refractivity contribution in [2.45, 2.75) is 12.3 Å². The van der Waals surface area contributed by atoms with Gasteiger partial charge in [0.2, 0.25) is 0 Å². The molecule has 0 saturated carbocycles. The summed E-state index contributed by atoms with van der Waals surface area (Å²) in [4.78, 5) is 0. The molecule has 0 fully saturated rings. The smallest absolute Gasteiger partial charge is 0.126 e. The van der Waals surface area contributed by atoms with Crippen LogP contribution in [0.15, 0.2) is 48.5 Å². The molecule has 0 N–H and O–H groups in total. The average Bonchev–Trinajstić information content (AvgIpc) is 2.44. The van der Waals surface area contributed by atoms with E-state index in [9.17, 15) is 9.65 Å². The molecule has 2 nitrogen and oxygen atoms in total. The van der Waals surface area contributed by atoms with Crippen molar-refractivity contribution in [2.24, 2.45) is 0 Å². The van der Waals surface area contributed by atoms with Crippen LogP contribution >= 0.6 is 11.6 Å². The topological polar surface area (TPSA) is 33.0 Å². The van der Waals surface area contributed by atoms with E-state index >= 15 is 0 Å². The molecule has 0 bridgehead atoms. The minimum atomic E-state index is -0.339. The van der Waals surface area contributed by atoms with E-state index in [0.717, 1.165) is 5.56 Å². The lowest BCUT2D eigenvalue weighted by atomic mass is 9.98. The molecule has 4 heteroatoms. The Bertz CT molecular complexity index is 624. The number of hydrogen-bond acceptors (Lipinski definition) is 2. The molecule has 1 atom stereocenters. The summed E-state index contributed by atoms with van der Waals surface area (Å²) in [6.07, 6.45) is 0.521. The molecule has 0 aliphatic heterocycles. The molecular weight excluding hydrogens is 277 g/mol. The third-order valence-electron chi connectivity index (χ3n) is 2.88. The Labute approximate surface area is 122 Å². The maximum absolute atomic E-state index is 13.0. The molecule has 2 aromatic rings. The van der Waals surface area contributed by atoms with Crippen molar-refractivity contribution in [3.63, 3.8) is 0 Å². The van der Waals surface area contributed by atoms with Crippen LogP contribution in [0.4, 0.5) is 4.39 Å². The summed E-state index contributed by atoms with van der Waals surface area (Å²) in [5.74, 6) is -0.163. The predicted molar refractivity (Wildman–Crippen MR) is 76.3 cm³/mol. The Kier molecular flexibility index (Phi) is 4.97. The summed E-state index contributed by atoms with van der Waals surface area (Å²) in [7, 11) is 0. The zero-order valence-corrected chi connectivity index (χ0v) is 11.5. The predicted octanol–water partition coefficient (Wildman–Crippen LogP) is 4.56. The summed E-state index contributed by atoms with van der Waals surface area (Å²) < 4.78 is 18.4. The van der Waals surface area contributed by atoms with E-state index in [1.807, 2.05) is 12.1 Å². The quantitative estimate of drug-likeness (QED) is 0.808. The molecule has 2 rings (SSSR count). The highest BCUT2D eigenvalue weighted by atomic mass is 35.5. The number of ether oxygens (including phenoxy) is 1. The summed E-state index contributed by atoms with van der Waals surface area (Å²) in [6, 6.07) is 15.4. The zero-order valence-electron chi connectivity index (χ0n) is 10.7. The first-order valence-electron chi connectivity index (χ1n) is 6.22. The number of rotatable bonds is 5. The largest absolute Gasteiger partial charge is 0.493 e. The van der Waals surface area contributed by atoms with Crippen molar-refractivity contribution < 1.29 is 9.13 Å². The lowest BCUT2D eigenvalue weighted by molar-refractivity contribution is 0.304. The van der Waals surface area contributed by atoms with Crippen molar-refractivity contribution in [3.05, 3.63) is 64.9 Å². The monoisotopic (exact) mass is 289 g/mol. The van der Waals surface area contributed by atoms with Gasteiger partial charge in [0.15, 0.2) is 0 Å². The van der Waals surface area contributed by atoms with Crippen LogP contribution in [0.25, 0.3) is 0 Å². The molecule has 0 heterocycles. The summed E-state index contributed by atoms with van der Waals surface area (Å²) in [5, 5.41) is 9.81. The maximum Gasteiger partial charge on any atom is 0.126 e. The van der Waals surface area contributed by atoms with E-state index in [1.165, 1.54) is 12.1 Å². The second kappa shape index (κ2) is 6.93. The van der Waals surface area contributed by atoms with Gasteiger partial charge in [-0.1, -0.05) is 29.8 Å². The molecule has 0 aliphatic rings. The SMILES string of the molecule is N#CC(CCOc1cccc(F)c1)c1cccc(Cl)c1. The summed E-state index contributed by atoms with van der Waals surface area (Å²) in [6.45, 7) is 0.341. The highest BCUT2D eigenvalue weighted by Crippen LogP contribution is 2.22. The van der Waals surface area contributed by atoms with Gasteiger partial charge in [-0.2, -0.15) is 5.26 Å². The van der Waals surface area contributed by atoms with Gasteiger partial charge in [0.05, 0.1) is 18.6 Å². The highest BCUT2D eigenvalue weighted by Gasteiger charge is 2.11. The molecule has 0 aliphatic carbocycles. The van der Waals surface area contributed by atoms with E-state index in [4.69, 9.17) is 16.3 Å². The number of nitrogens with zero attached hydrogens (tertiary/aromatic N) is 1. The van der Waals surface area contributed by atoms with Crippen molar-refractivity contribution in [2.75, 3.05) is 6.61 Å². The normalized spacial score (nSPS) is 11.7. The molecule has 0 radical (unpaired) electrons. The standard InChI is InChI=1S/C16H13ClFNO/c17-14-4-1-3-12(9-14)13(11-19)7-8-20-16-6-2-5-15(18)10-16/h1-6,9-10,13H,7-8H2. The van der Waals surface area contributed by atoms with Gasteiger partial charge < -0.3 is 4.74 Å². The Hall–Kier alpha value is -2.05. The maximum atomic E-state index is 13.0. The van der Waals surface area contributed by atoms with Crippen molar-refractivity contribution in [3.8, 4) is 11.8 Å². The van der Waals surface area contributed by atoms with Gasteiger partial charge >= 0.3 is 0 Å². The molecule has 0 aromatic heterocycles. The van der Waals surface area contributed by atoms with E-state index in [2.05, 4.69) is 6.07 Å². The summed E-state index contributed by atoms with van der Waals surface area (Å²) >= 11 is 5.91. The second-order valence-electron chi connectivity index (χ2n) is 4.33. The third-order valence-corrected chi connectivity index (χ3v) is 3.11. The summed E-state index contributed by atoms with van der Waals surface area (Å²) in [5.41, 5.74) is 0.864.